The van der Waals surface area contributed by atoms with Gasteiger partial charge in [-0.25, -0.2) is 0 Å². The molecule has 0 bridgehead atoms. The molecule has 3 heteroatoms. The third kappa shape index (κ3) is 4.84. The summed E-state index contributed by atoms with van der Waals surface area (Å²) < 4.78 is 0. The van der Waals surface area contributed by atoms with E-state index < -0.39 is 6.10 Å². The standard InChI is InChI=1S/C16H25NO2/c18-15-10-8-13(9-11-15)16(19)12-17-14-6-4-2-1-3-5-7-14/h8-11,14,16-19H,1-7,12H2. The summed E-state index contributed by atoms with van der Waals surface area (Å²) in [6, 6.07) is 7.34. The van der Waals surface area contributed by atoms with E-state index in [-0.39, 0.29) is 5.75 Å². The molecule has 1 aromatic carbocycles. The van der Waals surface area contributed by atoms with Crippen LogP contribution in [-0.4, -0.2) is 22.8 Å². The summed E-state index contributed by atoms with van der Waals surface area (Å²) in [6.07, 6.45) is 8.62. The van der Waals surface area contributed by atoms with Crippen LogP contribution in [0.4, 0.5) is 0 Å². The second-order valence-corrected chi connectivity index (χ2v) is 5.56. The molecule has 1 aliphatic rings. The number of phenolic OH excluding ortho intramolecular Hbond substituents is 1. The van der Waals surface area contributed by atoms with Crippen molar-refractivity contribution in [2.45, 2.75) is 57.1 Å². The molecule has 0 aliphatic heterocycles. The minimum atomic E-state index is -0.494. The van der Waals surface area contributed by atoms with E-state index in [0.29, 0.717) is 12.6 Å². The first-order chi connectivity index (χ1) is 9.25. The smallest absolute Gasteiger partial charge is 0.115 e. The van der Waals surface area contributed by atoms with Crippen LogP contribution in [-0.2, 0) is 0 Å². The van der Waals surface area contributed by atoms with Gasteiger partial charge in [-0.3, -0.25) is 0 Å². The Hall–Kier alpha value is -1.06. The van der Waals surface area contributed by atoms with Gasteiger partial charge in [0.25, 0.3) is 0 Å². The highest BCUT2D eigenvalue weighted by atomic mass is 16.3. The number of rotatable bonds is 4. The van der Waals surface area contributed by atoms with Gasteiger partial charge < -0.3 is 15.5 Å². The summed E-state index contributed by atoms with van der Waals surface area (Å²) in [7, 11) is 0. The number of aliphatic hydroxyl groups is 1. The van der Waals surface area contributed by atoms with Crippen LogP contribution in [0.15, 0.2) is 24.3 Å². The molecular weight excluding hydrogens is 238 g/mol. The lowest BCUT2D eigenvalue weighted by Crippen LogP contribution is -2.33. The molecule has 0 saturated heterocycles. The van der Waals surface area contributed by atoms with E-state index in [1.165, 1.54) is 44.9 Å². The normalized spacial score (nSPS) is 19.6. The van der Waals surface area contributed by atoms with Gasteiger partial charge in [0.05, 0.1) is 6.10 Å². The Morgan fingerprint density at radius 3 is 2.21 bits per heavy atom. The van der Waals surface area contributed by atoms with Crippen LogP contribution in [0.5, 0.6) is 5.75 Å². The third-order valence-corrected chi connectivity index (χ3v) is 3.98. The van der Waals surface area contributed by atoms with Gasteiger partial charge in [-0.05, 0) is 30.5 Å². The maximum atomic E-state index is 10.1. The number of hydrogen-bond donors (Lipinski definition) is 3. The Kier molecular flexibility index (Phi) is 5.67. The number of hydrogen-bond acceptors (Lipinski definition) is 3. The Balaban J connectivity index is 1.78. The Labute approximate surface area is 115 Å². The summed E-state index contributed by atoms with van der Waals surface area (Å²) in [6.45, 7) is 0.593. The van der Waals surface area contributed by atoms with Gasteiger partial charge in [0, 0.05) is 12.6 Å². The lowest BCUT2D eigenvalue weighted by atomic mass is 9.96. The van der Waals surface area contributed by atoms with Gasteiger partial charge in [-0.2, -0.15) is 0 Å². The van der Waals surface area contributed by atoms with E-state index in [2.05, 4.69) is 5.32 Å². The van der Waals surface area contributed by atoms with Gasteiger partial charge in [0.2, 0.25) is 0 Å². The van der Waals surface area contributed by atoms with Crippen molar-refractivity contribution >= 4 is 0 Å². The first-order valence-electron chi connectivity index (χ1n) is 7.46. The second-order valence-electron chi connectivity index (χ2n) is 5.56. The first kappa shape index (κ1) is 14.4. The summed E-state index contributed by atoms with van der Waals surface area (Å²) in [5.41, 5.74) is 0.858. The highest BCUT2D eigenvalue weighted by molar-refractivity contribution is 5.27. The summed E-state index contributed by atoms with van der Waals surface area (Å²) >= 11 is 0. The van der Waals surface area contributed by atoms with Crippen molar-refractivity contribution in [1.29, 1.82) is 0 Å². The average Bonchev–Trinajstić information content (AvgIpc) is 2.38. The molecule has 3 N–H and O–H groups in total. The maximum Gasteiger partial charge on any atom is 0.115 e. The fourth-order valence-electron chi connectivity index (χ4n) is 2.75. The predicted octanol–water partition coefficient (Wildman–Crippen LogP) is 3.13. The second kappa shape index (κ2) is 7.51. The van der Waals surface area contributed by atoms with Crippen molar-refractivity contribution in [2.75, 3.05) is 6.54 Å². The lowest BCUT2D eigenvalue weighted by molar-refractivity contribution is 0.166. The zero-order valence-electron chi connectivity index (χ0n) is 11.5. The van der Waals surface area contributed by atoms with Gasteiger partial charge in [0.15, 0.2) is 0 Å². The summed E-state index contributed by atoms with van der Waals surface area (Å²) in [4.78, 5) is 0. The number of phenols is 1. The molecule has 106 valence electrons. The largest absolute Gasteiger partial charge is 0.508 e. The molecule has 1 saturated carbocycles. The molecule has 1 unspecified atom stereocenters. The van der Waals surface area contributed by atoms with E-state index in [4.69, 9.17) is 0 Å². The van der Waals surface area contributed by atoms with Crippen molar-refractivity contribution in [3.63, 3.8) is 0 Å². The van der Waals surface area contributed by atoms with E-state index in [1.54, 1.807) is 24.3 Å². The molecule has 0 heterocycles. The highest BCUT2D eigenvalue weighted by Crippen LogP contribution is 2.19. The number of aromatic hydroxyl groups is 1. The monoisotopic (exact) mass is 263 g/mol. The van der Waals surface area contributed by atoms with Crippen molar-refractivity contribution in [3.8, 4) is 5.75 Å². The van der Waals surface area contributed by atoms with Crippen molar-refractivity contribution in [3.05, 3.63) is 29.8 Å². The predicted molar refractivity (Wildman–Crippen MR) is 77.2 cm³/mol. The SMILES string of the molecule is Oc1ccc(C(O)CNC2CCCCCCC2)cc1. The van der Waals surface area contributed by atoms with Crippen LogP contribution < -0.4 is 5.32 Å². The van der Waals surface area contributed by atoms with Crippen LogP contribution in [0.3, 0.4) is 0 Å². The third-order valence-electron chi connectivity index (χ3n) is 3.98. The van der Waals surface area contributed by atoms with Gasteiger partial charge >= 0.3 is 0 Å². The molecule has 1 fully saturated rings. The summed E-state index contributed by atoms with van der Waals surface area (Å²) in [5.74, 6) is 0.240. The molecular formula is C16H25NO2. The minimum absolute atomic E-state index is 0.240. The van der Waals surface area contributed by atoms with E-state index in [9.17, 15) is 10.2 Å². The van der Waals surface area contributed by atoms with E-state index >= 15 is 0 Å². The van der Waals surface area contributed by atoms with Gasteiger partial charge in [-0.15, -0.1) is 0 Å². The van der Waals surface area contributed by atoms with Crippen LogP contribution in [0, 0.1) is 0 Å². The van der Waals surface area contributed by atoms with Crippen molar-refractivity contribution in [1.82, 2.24) is 5.32 Å². The van der Waals surface area contributed by atoms with Crippen LogP contribution in [0.2, 0.25) is 0 Å². The molecule has 1 atom stereocenters. The Bertz CT molecular complexity index is 356. The molecule has 0 amide bonds. The maximum absolute atomic E-state index is 10.1. The van der Waals surface area contributed by atoms with E-state index in [1.807, 2.05) is 0 Å². The Morgan fingerprint density at radius 2 is 1.58 bits per heavy atom. The van der Waals surface area contributed by atoms with Gasteiger partial charge in [-0.1, -0.05) is 44.2 Å². The van der Waals surface area contributed by atoms with Crippen LogP contribution in [0.25, 0.3) is 0 Å². The molecule has 1 aromatic rings. The van der Waals surface area contributed by atoms with Gasteiger partial charge in [0.1, 0.15) is 5.75 Å². The topological polar surface area (TPSA) is 52.5 Å². The fraction of sp³-hybridized carbons (Fsp3) is 0.625. The average molecular weight is 263 g/mol. The molecule has 1 aliphatic carbocycles. The molecule has 0 spiro atoms. The molecule has 3 nitrogen and oxygen atoms in total. The minimum Gasteiger partial charge on any atom is -0.508 e. The molecule has 19 heavy (non-hydrogen) atoms. The van der Waals surface area contributed by atoms with Crippen molar-refractivity contribution in [2.24, 2.45) is 0 Å². The molecule has 0 aromatic heterocycles. The summed E-state index contributed by atoms with van der Waals surface area (Å²) in [5, 5.41) is 22.8. The van der Waals surface area contributed by atoms with Crippen LogP contribution in [0.1, 0.15) is 56.6 Å². The zero-order chi connectivity index (χ0) is 13.5. The van der Waals surface area contributed by atoms with E-state index in [0.717, 1.165) is 5.56 Å². The zero-order valence-corrected chi connectivity index (χ0v) is 11.5. The highest BCUT2D eigenvalue weighted by Gasteiger charge is 2.13. The number of aliphatic hydroxyl groups excluding tert-OH is 1. The Morgan fingerprint density at radius 1 is 1.00 bits per heavy atom. The molecule has 2 rings (SSSR count). The van der Waals surface area contributed by atoms with Crippen molar-refractivity contribution < 1.29 is 10.2 Å². The first-order valence-corrected chi connectivity index (χ1v) is 7.46. The lowest BCUT2D eigenvalue weighted by Gasteiger charge is -2.22. The fourth-order valence-corrected chi connectivity index (χ4v) is 2.75. The van der Waals surface area contributed by atoms with Crippen LogP contribution >= 0.6 is 0 Å². The molecule has 0 radical (unpaired) electrons. The quantitative estimate of drug-likeness (QED) is 0.782. The number of nitrogens with one attached hydrogen (secondary N) is 1. The number of benzene rings is 1.